The Morgan fingerprint density at radius 2 is 2.00 bits per heavy atom. The van der Waals surface area contributed by atoms with E-state index in [1.807, 2.05) is 18.2 Å². The zero-order valence-corrected chi connectivity index (χ0v) is 10.9. The molecule has 0 spiro atoms. The summed E-state index contributed by atoms with van der Waals surface area (Å²) in [5.41, 5.74) is 1.82. The molecule has 1 saturated heterocycles. The van der Waals surface area contributed by atoms with E-state index in [0.29, 0.717) is 5.02 Å². The van der Waals surface area contributed by atoms with Gasteiger partial charge in [-0.2, -0.15) is 0 Å². The van der Waals surface area contributed by atoms with Gasteiger partial charge in [-0.1, -0.05) is 23.7 Å². The van der Waals surface area contributed by atoms with Crippen molar-refractivity contribution in [3.05, 3.63) is 28.8 Å². The summed E-state index contributed by atoms with van der Waals surface area (Å²) in [7, 11) is 0. The van der Waals surface area contributed by atoms with Gasteiger partial charge in [0.15, 0.2) is 0 Å². The summed E-state index contributed by atoms with van der Waals surface area (Å²) in [4.78, 5) is 2.20. The number of rotatable bonds is 2. The van der Waals surface area contributed by atoms with Crippen molar-refractivity contribution in [2.75, 3.05) is 18.0 Å². The molecule has 0 aliphatic carbocycles. The number of hydrogen-bond donors (Lipinski definition) is 1. The first-order valence-electron chi connectivity index (χ1n) is 5.90. The van der Waals surface area contributed by atoms with E-state index in [2.05, 4.69) is 18.7 Å². The van der Waals surface area contributed by atoms with Crippen LogP contribution in [-0.4, -0.2) is 30.4 Å². The lowest BCUT2D eigenvalue weighted by Crippen LogP contribution is -2.46. The summed E-state index contributed by atoms with van der Waals surface area (Å²) in [6, 6.07) is 5.64. The Labute approximate surface area is 107 Å². The highest BCUT2D eigenvalue weighted by atomic mass is 35.5. The summed E-state index contributed by atoms with van der Waals surface area (Å²) in [5.74, 6) is 0. The highest BCUT2D eigenvalue weighted by Gasteiger charge is 2.25. The van der Waals surface area contributed by atoms with Gasteiger partial charge in [-0.25, -0.2) is 0 Å². The number of nitrogens with zero attached hydrogens (tertiary/aromatic N) is 1. The average molecular weight is 256 g/mol. The van der Waals surface area contributed by atoms with Crippen LogP contribution in [0.4, 0.5) is 5.69 Å². The van der Waals surface area contributed by atoms with E-state index in [-0.39, 0.29) is 18.8 Å². The molecule has 17 heavy (non-hydrogen) atoms. The third-order valence-electron chi connectivity index (χ3n) is 2.98. The molecule has 2 atom stereocenters. The fraction of sp³-hybridized carbons (Fsp3) is 0.538. The molecule has 0 radical (unpaired) electrons. The molecule has 1 N–H and O–H groups in total. The fourth-order valence-corrected chi connectivity index (χ4v) is 2.72. The van der Waals surface area contributed by atoms with Crippen LogP contribution in [0, 0.1) is 0 Å². The Hall–Kier alpha value is -0.770. The van der Waals surface area contributed by atoms with E-state index >= 15 is 0 Å². The molecule has 2 rings (SSSR count). The highest BCUT2D eigenvalue weighted by Crippen LogP contribution is 2.32. The molecule has 94 valence electrons. The molecule has 0 aromatic heterocycles. The van der Waals surface area contributed by atoms with Crippen molar-refractivity contribution in [1.29, 1.82) is 0 Å². The Morgan fingerprint density at radius 1 is 1.35 bits per heavy atom. The third kappa shape index (κ3) is 2.73. The summed E-state index contributed by atoms with van der Waals surface area (Å²) in [5, 5.41) is 10.1. The molecule has 0 amide bonds. The Kier molecular flexibility index (Phi) is 3.92. The van der Waals surface area contributed by atoms with Crippen molar-refractivity contribution in [3.63, 3.8) is 0 Å². The van der Waals surface area contributed by atoms with Crippen LogP contribution >= 0.6 is 11.6 Å². The summed E-state index contributed by atoms with van der Waals surface area (Å²) in [6.45, 7) is 5.73. The number of benzene rings is 1. The van der Waals surface area contributed by atoms with Crippen molar-refractivity contribution in [2.45, 2.75) is 32.7 Å². The van der Waals surface area contributed by atoms with Gasteiger partial charge in [-0.3, -0.25) is 0 Å². The van der Waals surface area contributed by atoms with Gasteiger partial charge in [0.25, 0.3) is 0 Å². The number of anilines is 1. The predicted octanol–water partition coefficient (Wildman–Crippen LogP) is 2.45. The number of halogens is 1. The monoisotopic (exact) mass is 255 g/mol. The van der Waals surface area contributed by atoms with Crippen molar-refractivity contribution in [1.82, 2.24) is 0 Å². The van der Waals surface area contributed by atoms with Crippen molar-refractivity contribution < 1.29 is 9.84 Å². The molecular formula is C13H18ClNO2. The van der Waals surface area contributed by atoms with E-state index in [9.17, 15) is 5.11 Å². The Bertz CT molecular complexity index is 387. The molecule has 1 aromatic rings. The number of aliphatic hydroxyl groups excluding tert-OH is 1. The second-order valence-electron chi connectivity index (χ2n) is 4.57. The van der Waals surface area contributed by atoms with E-state index in [1.165, 1.54) is 0 Å². The van der Waals surface area contributed by atoms with E-state index in [0.717, 1.165) is 24.3 Å². The van der Waals surface area contributed by atoms with Gasteiger partial charge in [-0.15, -0.1) is 0 Å². The number of morpholine rings is 1. The molecule has 4 heteroatoms. The second-order valence-corrected chi connectivity index (χ2v) is 4.98. The first-order valence-corrected chi connectivity index (χ1v) is 6.28. The summed E-state index contributed by atoms with van der Waals surface area (Å²) < 4.78 is 5.70. The van der Waals surface area contributed by atoms with Gasteiger partial charge < -0.3 is 14.7 Å². The van der Waals surface area contributed by atoms with Crippen molar-refractivity contribution in [3.8, 4) is 0 Å². The summed E-state index contributed by atoms with van der Waals surface area (Å²) >= 11 is 6.24. The zero-order chi connectivity index (χ0) is 12.4. The van der Waals surface area contributed by atoms with E-state index in [4.69, 9.17) is 16.3 Å². The van der Waals surface area contributed by atoms with Crippen LogP contribution in [0.15, 0.2) is 18.2 Å². The quantitative estimate of drug-likeness (QED) is 0.881. The number of ether oxygens (including phenoxy) is 1. The predicted molar refractivity (Wildman–Crippen MR) is 69.6 cm³/mol. The van der Waals surface area contributed by atoms with Crippen molar-refractivity contribution in [2.24, 2.45) is 0 Å². The van der Waals surface area contributed by atoms with Crippen LogP contribution in [0.1, 0.15) is 19.4 Å². The fourth-order valence-electron chi connectivity index (χ4n) is 2.40. The normalized spacial score (nSPS) is 25.1. The topological polar surface area (TPSA) is 32.7 Å². The van der Waals surface area contributed by atoms with Gasteiger partial charge in [-0.05, 0) is 19.9 Å². The maximum atomic E-state index is 9.39. The third-order valence-corrected chi connectivity index (χ3v) is 3.28. The number of hydrogen-bond acceptors (Lipinski definition) is 3. The van der Waals surface area contributed by atoms with Gasteiger partial charge in [0, 0.05) is 18.7 Å². The molecule has 0 saturated carbocycles. The molecule has 3 nitrogen and oxygen atoms in total. The van der Waals surface area contributed by atoms with Crippen LogP contribution in [0.2, 0.25) is 5.02 Å². The standard InChI is InChI=1S/C13H18ClNO2/c1-9-6-15(7-10(2)17-9)13-11(8-16)4-3-5-12(13)14/h3-5,9-10,16H,6-8H2,1-2H3. The minimum Gasteiger partial charge on any atom is -0.392 e. The molecule has 1 heterocycles. The minimum absolute atomic E-state index is 0.00993. The van der Waals surface area contributed by atoms with Gasteiger partial charge in [0.05, 0.1) is 29.5 Å². The molecule has 1 fully saturated rings. The molecular weight excluding hydrogens is 238 g/mol. The lowest BCUT2D eigenvalue weighted by atomic mass is 10.1. The molecule has 1 aliphatic rings. The largest absolute Gasteiger partial charge is 0.392 e. The van der Waals surface area contributed by atoms with Gasteiger partial charge in [0.2, 0.25) is 0 Å². The van der Waals surface area contributed by atoms with Crippen LogP contribution in [0.5, 0.6) is 0 Å². The highest BCUT2D eigenvalue weighted by molar-refractivity contribution is 6.33. The maximum Gasteiger partial charge on any atom is 0.0726 e. The van der Waals surface area contributed by atoms with Crippen LogP contribution in [0.25, 0.3) is 0 Å². The van der Waals surface area contributed by atoms with Gasteiger partial charge in [0.1, 0.15) is 0 Å². The van der Waals surface area contributed by atoms with Gasteiger partial charge >= 0.3 is 0 Å². The summed E-state index contributed by atoms with van der Waals surface area (Å²) in [6.07, 6.45) is 0.364. The molecule has 1 aromatic carbocycles. The SMILES string of the molecule is CC1CN(c2c(Cl)cccc2CO)CC(C)O1. The minimum atomic E-state index is 0.00993. The Morgan fingerprint density at radius 3 is 2.59 bits per heavy atom. The average Bonchev–Trinajstić information content (AvgIpc) is 2.27. The van der Waals surface area contributed by atoms with Crippen molar-refractivity contribution >= 4 is 17.3 Å². The number of aliphatic hydroxyl groups is 1. The Balaban J connectivity index is 2.32. The first kappa shape index (κ1) is 12.7. The lowest BCUT2D eigenvalue weighted by molar-refractivity contribution is -0.00531. The maximum absolute atomic E-state index is 9.39. The smallest absolute Gasteiger partial charge is 0.0726 e. The number of para-hydroxylation sites is 1. The van der Waals surface area contributed by atoms with E-state index < -0.39 is 0 Å². The van der Waals surface area contributed by atoms with Crippen LogP contribution in [0.3, 0.4) is 0 Å². The zero-order valence-electron chi connectivity index (χ0n) is 10.2. The van der Waals surface area contributed by atoms with Crippen LogP contribution in [-0.2, 0) is 11.3 Å². The first-order chi connectivity index (χ1) is 8.11. The second kappa shape index (κ2) is 5.25. The molecule has 2 unspecified atom stereocenters. The van der Waals surface area contributed by atoms with Crippen LogP contribution < -0.4 is 4.90 Å². The van der Waals surface area contributed by atoms with E-state index in [1.54, 1.807) is 0 Å². The molecule has 0 bridgehead atoms. The molecule has 1 aliphatic heterocycles. The lowest BCUT2D eigenvalue weighted by Gasteiger charge is -2.38.